The monoisotopic (exact) mass is 255 g/mol. The lowest BCUT2D eigenvalue weighted by Crippen LogP contribution is -2.38. The van der Waals surface area contributed by atoms with Crippen LogP contribution in [0.3, 0.4) is 0 Å². The predicted octanol–water partition coefficient (Wildman–Crippen LogP) is 4.02. The molecule has 0 atom stereocenters. The normalized spacial score (nSPS) is 12.8. The van der Waals surface area contributed by atoms with E-state index < -0.39 is 17.0 Å². The Hall–Kier alpha value is -0.960. The third-order valence-corrected chi connectivity index (χ3v) is 3.04. The first-order valence-corrected chi connectivity index (χ1v) is 6.33. The molecule has 0 fully saturated rings. The fraction of sp³-hybridized carbons (Fsp3) is 0.600. The van der Waals surface area contributed by atoms with Crippen LogP contribution in [0.5, 0.6) is 0 Å². The topological polar surface area (TPSA) is 12.0 Å². The molecule has 102 valence electrons. The summed E-state index contributed by atoms with van der Waals surface area (Å²) in [6.45, 7) is 10.7. The molecular weight excluding hydrogens is 232 g/mol. The van der Waals surface area contributed by atoms with Gasteiger partial charge < -0.3 is 5.32 Å². The van der Waals surface area contributed by atoms with E-state index >= 15 is 0 Å². The quantitative estimate of drug-likeness (QED) is 0.856. The van der Waals surface area contributed by atoms with E-state index in [1.807, 2.05) is 13.8 Å². The van der Waals surface area contributed by atoms with E-state index in [-0.39, 0.29) is 11.1 Å². The minimum absolute atomic E-state index is 0.0177. The van der Waals surface area contributed by atoms with Gasteiger partial charge in [-0.15, -0.1) is 0 Å². The highest BCUT2D eigenvalue weighted by molar-refractivity contribution is 5.27. The van der Waals surface area contributed by atoms with E-state index in [1.165, 1.54) is 18.2 Å². The highest BCUT2D eigenvalue weighted by Crippen LogP contribution is 2.31. The second kappa shape index (κ2) is 5.35. The van der Waals surface area contributed by atoms with Crippen molar-refractivity contribution < 1.29 is 8.78 Å². The SMILES string of the molecule is CC(C)(C)NCCC(C)(C)c1c(F)cccc1F. The van der Waals surface area contributed by atoms with Crippen molar-refractivity contribution in [1.29, 1.82) is 0 Å². The summed E-state index contributed by atoms with van der Waals surface area (Å²) in [6, 6.07) is 4.03. The zero-order chi connectivity index (χ0) is 14.0. The van der Waals surface area contributed by atoms with E-state index in [9.17, 15) is 8.78 Å². The van der Waals surface area contributed by atoms with Gasteiger partial charge in [-0.05, 0) is 51.3 Å². The standard InChI is InChI=1S/C15H23F2N/c1-14(2,3)18-10-9-15(4,5)13-11(16)7-6-8-12(13)17/h6-8,18H,9-10H2,1-5H3. The van der Waals surface area contributed by atoms with Crippen molar-refractivity contribution in [3.05, 3.63) is 35.4 Å². The van der Waals surface area contributed by atoms with Crippen LogP contribution in [-0.2, 0) is 5.41 Å². The van der Waals surface area contributed by atoms with Crippen molar-refractivity contribution in [3.8, 4) is 0 Å². The first-order chi connectivity index (χ1) is 8.13. The molecular formula is C15H23F2N. The first-order valence-electron chi connectivity index (χ1n) is 6.33. The molecule has 1 aromatic carbocycles. The van der Waals surface area contributed by atoms with E-state index in [2.05, 4.69) is 26.1 Å². The van der Waals surface area contributed by atoms with Crippen LogP contribution >= 0.6 is 0 Å². The van der Waals surface area contributed by atoms with Crippen LogP contribution in [0.2, 0.25) is 0 Å². The third kappa shape index (κ3) is 4.05. The number of benzene rings is 1. The van der Waals surface area contributed by atoms with E-state index in [0.29, 0.717) is 6.42 Å². The largest absolute Gasteiger partial charge is 0.312 e. The van der Waals surface area contributed by atoms with Crippen LogP contribution in [-0.4, -0.2) is 12.1 Å². The highest BCUT2D eigenvalue weighted by atomic mass is 19.1. The Bertz CT molecular complexity index is 385. The highest BCUT2D eigenvalue weighted by Gasteiger charge is 2.27. The summed E-state index contributed by atoms with van der Waals surface area (Å²) in [5, 5.41) is 3.34. The molecule has 0 saturated carbocycles. The summed E-state index contributed by atoms with van der Waals surface area (Å²) in [4.78, 5) is 0. The second-order valence-corrected chi connectivity index (χ2v) is 6.41. The molecule has 0 radical (unpaired) electrons. The minimum atomic E-state index is -0.520. The van der Waals surface area contributed by atoms with Gasteiger partial charge in [-0.2, -0.15) is 0 Å². The Balaban J connectivity index is 2.80. The van der Waals surface area contributed by atoms with E-state index in [0.717, 1.165) is 6.54 Å². The van der Waals surface area contributed by atoms with Crippen molar-refractivity contribution in [3.63, 3.8) is 0 Å². The number of rotatable bonds is 4. The number of hydrogen-bond acceptors (Lipinski definition) is 1. The molecule has 1 rings (SSSR count). The number of halogens is 2. The molecule has 0 aliphatic heterocycles. The van der Waals surface area contributed by atoms with Gasteiger partial charge in [-0.3, -0.25) is 0 Å². The van der Waals surface area contributed by atoms with Crippen molar-refractivity contribution >= 4 is 0 Å². The Morgan fingerprint density at radius 1 is 1.00 bits per heavy atom. The molecule has 0 aliphatic rings. The van der Waals surface area contributed by atoms with Crippen LogP contribution in [0.4, 0.5) is 8.78 Å². The van der Waals surface area contributed by atoms with Crippen LogP contribution in [0, 0.1) is 11.6 Å². The lowest BCUT2D eigenvalue weighted by molar-refractivity contribution is 0.364. The zero-order valence-electron chi connectivity index (χ0n) is 11.9. The maximum atomic E-state index is 13.7. The molecule has 1 nitrogen and oxygen atoms in total. The molecule has 0 heterocycles. The molecule has 1 N–H and O–H groups in total. The number of hydrogen-bond donors (Lipinski definition) is 1. The molecule has 0 unspecified atom stereocenters. The maximum Gasteiger partial charge on any atom is 0.129 e. The van der Waals surface area contributed by atoms with Gasteiger partial charge in [0.25, 0.3) is 0 Å². The smallest absolute Gasteiger partial charge is 0.129 e. The van der Waals surface area contributed by atoms with Crippen molar-refractivity contribution in [1.82, 2.24) is 5.32 Å². The molecule has 3 heteroatoms. The maximum absolute atomic E-state index is 13.7. The Labute approximate surface area is 109 Å². The molecule has 0 aromatic heterocycles. The average Bonchev–Trinajstić information content (AvgIpc) is 2.13. The van der Waals surface area contributed by atoms with E-state index in [4.69, 9.17) is 0 Å². The molecule has 18 heavy (non-hydrogen) atoms. The zero-order valence-corrected chi connectivity index (χ0v) is 11.9. The molecule has 1 aromatic rings. The van der Waals surface area contributed by atoms with Crippen LogP contribution in [0.1, 0.15) is 46.6 Å². The van der Waals surface area contributed by atoms with Gasteiger partial charge in [0.1, 0.15) is 11.6 Å². The average molecular weight is 255 g/mol. The summed E-state index contributed by atoms with van der Waals surface area (Å²) in [6.07, 6.45) is 0.683. The fourth-order valence-electron chi connectivity index (χ4n) is 2.02. The summed E-state index contributed by atoms with van der Waals surface area (Å²) in [5.74, 6) is -0.925. The first kappa shape index (κ1) is 15.1. The Morgan fingerprint density at radius 3 is 1.94 bits per heavy atom. The molecule has 0 bridgehead atoms. The van der Waals surface area contributed by atoms with Crippen molar-refractivity contribution in [2.45, 2.75) is 52.0 Å². The van der Waals surface area contributed by atoms with Gasteiger partial charge >= 0.3 is 0 Å². The molecule has 0 saturated heterocycles. The second-order valence-electron chi connectivity index (χ2n) is 6.41. The lowest BCUT2D eigenvalue weighted by atomic mass is 9.80. The van der Waals surface area contributed by atoms with Gasteiger partial charge in [-0.25, -0.2) is 8.78 Å². The minimum Gasteiger partial charge on any atom is -0.312 e. The summed E-state index contributed by atoms with van der Waals surface area (Å²) in [7, 11) is 0. The molecule has 0 amide bonds. The Morgan fingerprint density at radius 2 is 1.50 bits per heavy atom. The summed E-state index contributed by atoms with van der Waals surface area (Å²) in [5.41, 5.74) is -0.321. The van der Waals surface area contributed by atoms with Gasteiger partial charge in [0.05, 0.1) is 0 Å². The van der Waals surface area contributed by atoms with Crippen LogP contribution in [0.15, 0.2) is 18.2 Å². The summed E-state index contributed by atoms with van der Waals surface area (Å²) >= 11 is 0. The number of nitrogens with one attached hydrogen (secondary N) is 1. The van der Waals surface area contributed by atoms with Gasteiger partial charge in [0, 0.05) is 11.1 Å². The predicted molar refractivity (Wildman–Crippen MR) is 71.8 cm³/mol. The van der Waals surface area contributed by atoms with Gasteiger partial charge in [0.15, 0.2) is 0 Å². The lowest BCUT2D eigenvalue weighted by Gasteiger charge is -2.29. The van der Waals surface area contributed by atoms with Crippen LogP contribution in [0.25, 0.3) is 0 Å². The molecule has 0 aliphatic carbocycles. The van der Waals surface area contributed by atoms with E-state index in [1.54, 1.807) is 0 Å². The van der Waals surface area contributed by atoms with Gasteiger partial charge in [0.2, 0.25) is 0 Å². The van der Waals surface area contributed by atoms with Crippen molar-refractivity contribution in [2.75, 3.05) is 6.54 Å². The Kier molecular flexibility index (Phi) is 4.49. The molecule has 0 spiro atoms. The third-order valence-electron chi connectivity index (χ3n) is 3.04. The van der Waals surface area contributed by atoms with Crippen molar-refractivity contribution in [2.24, 2.45) is 0 Å². The van der Waals surface area contributed by atoms with Crippen LogP contribution < -0.4 is 5.32 Å². The summed E-state index contributed by atoms with van der Waals surface area (Å²) < 4.78 is 27.5. The fourth-order valence-corrected chi connectivity index (χ4v) is 2.02. The van der Waals surface area contributed by atoms with Gasteiger partial charge in [-0.1, -0.05) is 19.9 Å².